The zero-order valence-electron chi connectivity index (χ0n) is 19.1. The van der Waals surface area contributed by atoms with E-state index in [9.17, 15) is 4.79 Å². The summed E-state index contributed by atoms with van der Waals surface area (Å²) in [5.41, 5.74) is 1.42. The lowest BCUT2D eigenvalue weighted by Gasteiger charge is -2.48. The van der Waals surface area contributed by atoms with Crippen molar-refractivity contribution in [2.24, 2.45) is 10.9 Å². The molecule has 3 saturated heterocycles. The minimum atomic E-state index is 0.264. The highest BCUT2D eigenvalue weighted by Gasteiger charge is 2.36. The Morgan fingerprint density at radius 3 is 2.61 bits per heavy atom. The lowest BCUT2D eigenvalue weighted by atomic mass is 9.83. The van der Waals surface area contributed by atoms with Crippen LogP contribution in [-0.2, 0) is 11.3 Å². The molecular weight excluding hydrogens is 386 g/mol. The van der Waals surface area contributed by atoms with Crippen LogP contribution in [0.15, 0.2) is 35.3 Å². The fourth-order valence-electron chi connectivity index (χ4n) is 5.52. The minimum absolute atomic E-state index is 0.264. The topological polar surface area (TPSA) is 51.2 Å². The highest BCUT2D eigenvalue weighted by molar-refractivity contribution is 5.81. The maximum absolute atomic E-state index is 12.4. The number of aliphatic imine (C=N–C) groups is 1. The third-order valence-corrected chi connectivity index (χ3v) is 7.09. The average Bonchev–Trinajstić information content (AvgIpc) is 3.34. The Bertz CT molecular complexity index is 731. The monoisotopic (exact) mass is 425 g/mol. The van der Waals surface area contributed by atoms with Crippen molar-refractivity contribution in [2.75, 3.05) is 45.8 Å². The van der Waals surface area contributed by atoms with Gasteiger partial charge in [0.15, 0.2) is 5.96 Å². The molecule has 6 nitrogen and oxygen atoms in total. The van der Waals surface area contributed by atoms with Gasteiger partial charge in [-0.3, -0.25) is 14.7 Å². The number of likely N-dealkylation sites (tertiary alicyclic amines) is 3. The number of nitrogens with one attached hydrogen (secondary N) is 1. The summed E-state index contributed by atoms with van der Waals surface area (Å²) in [5, 5.41) is 3.48. The molecule has 0 aliphatic carbocycles. The second-order valence-corrected chi connectivity index (χ2v) is 9.23. The molecule has 0 bridgehead atoms. The summed E-state index contributed by atoms with van der Waals surface area (Å²) in [6.45, 7) is 9.82. The van der Waals surface area contributed by atoms with Crippen molar-refractivity contribution in [3.05, 3.63) is 35.9 Å². The molecule has 3 fully saturated rings. The maximum Gasteiger partial charge on any atom is 0.224 e. The standard InChI is InChI=1S/C25H39N5O/c1-2-26-25(27-14-12-24(31)28-15-6-7-16-28)30-18-13-23-22(20-30)11-8-17-29(23)19-21-9-4-3-5-10-21/h3-5,9-10,22-23H,2,6-8,11-20H2,1H3,(H,26,27). The molecule has 1 N–H and O–H groups in total. The molecule has 6 heteroatoms. The summed E-state index contributed by atoms with van der Waals surface area (Å²) < 4.78 is 0. The van der Waals surface area contributed by atoms with Crippen molar-refractivity contribution in [2.45, 2.75) is 58.0 Å². The first-order chi connectivity index (χ1) is 15.2. The number of hydrogen-bond donors (Lipinski definition) is 1. The van der Waals surface area contributed by atoms with E-state index >= 15 is 0 Å². The molecule has 0 aromatic heterocycles. The van der Waals surface area contributed by atoms with Gasteiger partial charge in [0.05, 0.1) is 6.54 Å². The molecule has 1 aromatic carbocycles. The Hall–Kier alpha value is -2.08. The van der Waals surface area contributed by atoms with E-state index in [0.717, 1.165) is 58.1 Å². The SMILES string of the molecule is CCNC(=NCCC(=O)N1CCCC1)N1CCC2C(CCCN2Cc2ccccc2)C1. The second kappa shape index (κ2) is 11.0. The van der Waals surface area contributed by atoms with Crippen LogP contribution < -0.4 is 5.32 Å². The average molecular weight is 426 g/mol. The van der Waals surface area contributed by atoms with E-state index in [1.54, 1.807) is 0 Å². The largest absolute Gasteiger partial charge is 0.357 e. The zero-order valence-corrected chi connectivity index (χ0v) is 19.1. The quantitative estimate of drug-likeness (QED) is 0.562. The number of amides is 1. The third-order valence-electron chi connectivity index (χ3n) is 7.09. The van der Waals surface area contributed by atoms with Crippen LogP contribution in [0.25, 0.3) is 0 Å². The van der Waals surface area contributed by atoms with Crippen LogP contribution in [0.1, 0.15) is 51.0 Å². The van der Waals surface area contributed by atoms with Crippen LogP contribution in [0.5, 0.6) is 0 Å². The molecule has 0 radical (unpaired) electrons. The van der Waals surface area contributed by atoms with Crippen LogP contribution in [-0.4, -0.2) is 78.4 Å². The van der Waals surface area contributed by atoms with Gasteiger partial charge in [-0.25, -0.2) is 0 Å². The third kappa shape index (κ3) is 5.79. The highest BCUT2D eigenvalue weighted by atomic mass is 16.2. The molecule has 1 amide bonds. The molecule has 2 unspecified atom stereocenters. The number of hydrogen-bond acceptors (Lipinski definition) is 3. The van der Waals surface area contributed by atoms with Gasteiger partial charge >= 0.3 is 0 Å². The van der Waals surface area contributed by atoms with E-state index in [4.69, 9.17) is 4.99 Å². The van der Waals surface area contributed by atoms with Gasteiger partial charge in [-0.05, 0) is 57.1 Å². The Morgan fingerprint density at radius 1 is 1.03 bits per heavy atom. The zero-order chi connectivity index (χ0) is 21.5. The van der Waals surface area contributed by atoms with Gasteiger partial charge in [0.1, 0.15) is 0 Å². The summed E-state index contributed by atoms with van der Waals surface area (Å²) in [6.07, 6.45) is 6.60. The molecule has 4 rings (SSSR count). The first kappa shape index (κ1) is 22.1. The lowest BCUT2D eigenvalue weighted by Crippen LogP contribution is -2.56. The normalized spacial score (nSPS) is 24.9. The van der Waals surface area contributed by atoms with Crippen molar-refractivity contribution < 1.29 is 4.79 Å². The number of carbonyl (C=O) groups excluding carboxylic acids is 1. The molecule has 1 aromatic rings. The van der Waals surface area contributed by atoms with Crippen molar-refractivity contribution in [1.82, 2.24) is 20.0 Å². The maximum atomic E-state index is 12.4. The smallest absolute Gasteiger partial charge is 0.224 e. The second-order valence-electron chi connectivity index (χ2n) is 9.23. The number of fused-ring (bicyclic) bond motifs is 1. The number of rotatable bonds is 6. The first-order valence-electron chi connectivity index (χ1n) is 12.3. The summed E-state index contributed by atoms with van der Waals surface area (Å²) in [4.78, 5) is 24.3. The first-order valence-corrected chi connectivity index (χ1v) is 12.3. The van der Waals surface area contributed by atoms with E-state index in [1.807, 2.05) is 4.90 Å². The van der Waals surface area contributed by atoms with E-state index in [-0.39, 0.29) is 5.91 Å². The van der Waals surface area contributed by atoms with Gasteiger partial charge in [-0.1, -0.05) is 30.3 Å². The summed E-state index contributed by atoms with van der Waals surface area (Å²) in [5.74, 6) is 1.95. The lowest BCUT2D eigenvalue weighted by molar-refractivity contribution is -0.129. The number of benzene rings is 1. The fourth-order valence-corrected chi connectivity index (χ4v) is 5.52. The molecule has 2 atom stereocenters. The molecule has 31 heavy (non-hydrogen) atoms. The van der Waals surface area contributed by atoms with Gasteiger partial charge in [-0.15, -0.1) is 0 Å². The van der Waals surface area contributed by atoms with Crippen molar-refractivity contribution in [3.8, 4) is 0 Å². The summed E-state index contributed by atoms with van der Waals surface area (Å²) in [6, 6.07) is 11.6. The van der Waals surface area contributed by atoms with Crippen molar-refractivity contribution >= 4 is 11.9 Å². The van der Waals surface area contributed by atoms with E-state index in [1.165, 1.54) is 31.4 Å². The molecule has 3 aliphatic rings. The van der Waals surface area contributed by atoms with Gasteiger partial charge in [0.25, 0.3) is 0 Å². The Morgan fingerprint density at radius 2 is 1.84 bits per heavy atom. The number of carbonyl (C=O) groups is 1. The van der Waals surface area contributed by atoms with Gasteiger partial charge < -0.3 is 15.1 Å². The predicted molar refractivity (Wildman–Crippen MR) is 126 cm³/mol. The predicted octanol–water partition coefficient (Wildman–Crippen LogP) is 2.95. The van der Waals surface area contributed by atoms with E-state index < -0.39 is 0 Å². The minimum Gasteiger partial charge on any atom is -0.357 e. The van der Waals surface area contributed by atoms with Crippen LogP contribution in [0.3, 0.4) is 0 Å². The van der Waals surface area contributed by atoms with Crippen LogP contribution >= 0.6 is 0 Å². The number of piperidine rings is 2. The molecular formula is C25H39N5O. The molecule has 3 heterocycles. The Kier molecular flexibility index (Phi) is 7.84. The van der Waals surface area contributed by atoms with E-state index in [2.05, 4.69) is 52.4 Å². The van der Waals surface area contributed by atoms with Crippen LogP contribution in [0.4, 0.5) is 0 Å². The van der Waals surface area contributed by atoms with Crippen LogP contribution in [0, 0.1) is 5.92 Å². The Labute approximate surface area is 187 Å². The number of nitrogens with zero attached hydrogens (tertiary/aromatic N) is 4. The highest BCUT2D eigenvalue weighted by Crippen LogP contribution is 2.31. The fraction of sp³-hybridized carbons (Fsp3) is 0.680. The van der Waals surface area contributed by atoms with Crippen molar-refractivity contribution in [3.63, 3.8) is 0 Å². The van der Waals surface area contributed by atoms with Crippen LogP contribution in [0.2, 0.25) is 0 Å². The molecule has 0 saturated carbocycles. The Balaban J connectivity index is 1.33. The summed E-state index contributed by atoms with van der Waals surface area (Å²) >= 11 is 0. The van der Waals surface area contributed by atoms with Gasteiger partial charge in [0, 0.05) is 51.7 Å². The van der Waals surface area contributed by atoms with Gasteiger partial charge in [-0.2, -0.15) is 0 Å². The van der Waals surface area contributed by atoms with E-state index in [0.29, 0.717) is 24.9 Å². The van der Waals surface area contributed by atoms with Crippen molar-refractivity contribution in [1.29, 1.82) is 0 Å². The molecule has 170 valence electrons. The number of guanidine groups is 1. The molecule has 3 aliphatic heterocycles. The summed E-state index contributed by atoms with van der Waals surface area (Å²) in [7, 11) is 0. The van der Waals surface area contributed by atoms with Gasteiger partial charge in [0.2, 0.25) is 5.91 Å². The molecule has 0 spiro atoms.